The fourth-order valence-corrected chi connectivity index (χ4v) is 4.20. The molecule has 0 bridgehead atoms. The van der Waals surface area contributed by atoms with Crippen LogP contribution in [0.3, 0.4) is 0 Å². The van der Waals surface area contributed by atoms with Crippen LogP contribution in [0.15, 0.2) is 42.6 Å². The van der Waals surface area contributed by atoms with E-state index in [0.29, 0.717) is 31.9 Å². The first-order chi connectivity index (χ1) is 14.2. The first kappa shape index (κ1) is 20.2. The van der Waals surface area contributed by atoms with Crippen LogP contribution < -0.4 is 9.64 Å². The van der Waals surface area contributed by atoms with Gasteiger partial charge in [0.25, 0.3) is 0 Å². The lowest BCUT2D eigenvalue weighted by Gasteiger charge is -2.26. The highest BCUT2D eigenvalue weighted by atomic mass is 16.6. The highest BCUT2D eigenvalue weighted by Gasteiger charge is 2.56. The Kier molecular flexibility index (Phi) is 4.92. The van der Waals surface area contributed by atoms with Crippen molar-refractivity contribution in [3.63, 3.8) is 0 Å². The molecule has 4 rings (SSSR count). The van der Waals surface area contributed by atoms with E-state index in [1.807, 2.05) is 57.2 Å². The largest absolute Gasteiger partial charge is 0.497 e. The van der Waals surface area contributed by atoms with E-state index < -0.39 is 11.0 Å². The lowest BCUT2D eigenvalue weighted by Crippen LogP contribution is -2.44. The summed E-state index contributed by atoms with van der Waals surface area (Å²) in [5, 5.41) is 0. The molecule has 0 N–H and O–H groups in total. The first-order valence-electron chi connectivity index (χ1n) is 10.1. The molecule has 3 heterocycles. The van der Waals surface area contributed by atoms with Gasteiger partial charge in [-0.25, -0.2) is 9.78 Å². The molecule has 0 radical (unpaired) electrons. The summed E-state index contributed by atoms with van der Waals surface area (Å²) >= 11 is 0. The number of hydrogen-bond donors (Lipinski definition) is 0. The van der Waals surface area contributed by atoms with Crippen molar-refractivity contribution in [1.29, 1.82) is 0 Å². The third kappa shape index (κ3) is 3.49. The molecule has 2 aliphatic rings. The summed E-state index contributed by atoms with van der Waals surface area (Å²) < 4.78 is 10.7. The topological polar surface area (TPSA) is 72.0 Å². The zero-order valence-corrected chi connectivity index (χ0v) is 17.8. The van der Waals surface area contributed by atoms with Gasteiger partial charge in [0.1, 0.15) is 17.2 Å². The second-order valence-electron chi connectivity index (χ2n) is 8.85. The summed E-state index contributed by atoms with van der Waals surface area (Å²) in [6.07, 6.45) is 1.88. The number of methoxy groups -OCH3 is 1. The minimum absolute atomic E-state index is 0.0157. The van der Waals surface area contributed by atoms with Crippen molar-refractivity contribution >= 4 is 17.8 Å². The lowest BCUT2D eigenvalue weighted by molar-refractivity contribution is -0.122. The smallest absolute Gasteiger partial charge is 0.410 e. The van der Waals surface area contributed by atoms with E-state index in [1.54, 1.807) is 23.1 Å². The molecule has 1 atom stereocenters. The number of carbonyl (C=O) groups is 2. The van der Waals surface area contributed by atoms with Crippen LogP contribution in [0.25, 0.3) is 0 Å². The zero-order valence-electron chi connectivity index (χ0n) is 17.8. The number of amides is 2. The predicted octanol–water partition coefficient (Wildman–Crippen LogP) is 3.52. The predicted molar refractivity (Wildman–Crippen MR) is 113 cm³/mol. The summed E-state index contributed by atoms with van der Waals surface area (Å²) in [4.78, 5) is 34.1. The molecule has 1 spiro atoms. The highest BCUT2D eigenvalue weighted by molar-refractivity contribution is 6.07. The monoisotopic (exact) mass is 409 g/mol. The van der Waals surface area contributed by atoms with Crippen LogP contribution in [0.4, 0.5) is 10.6 Å². The molecular weight excluding hydrogens is 382 g/mol. The van der Waals surface area contributed by atoms with E-state index >= 15 is 0 Å². The van der Waals surface area contributed by atoms with Crippen LogP contribution in [-0.2, 0) is 21.5 Å². The van der Waals surface area contributed by atoms with Crippen LogP contribution in [0.5, 0.6) is 5.75 Å². The van der Waals surface area contributed by atoms with E-state index in [9.17, 15) is 9.59 Å². The van der Waals surface area contributed by atoms with Gasteiger partial charge in [0.2, 0.25) is 5.91 Å². The van der Waals surface area contributed by atoms with E-state index in [-0.39, 0.29) is 12.0 Å². The number of benzene rings is 1. The summed E-state index contributed by atoms with van der Waals surface area (Å²) in [6.45, 7) is 6.72. The number of hydrogen-bond acceptors (Lipinski definition) is 5. The molecule has 1 saturated heterocycles. The number of aromatic nitrogens is 1. The highest BCUT2D eigenvalue weighted by Crippen LogP contribution is 2.47. The maximum atomic E-state index is 13.6. The van der Waals surface area contributed by atoms with Crippen molar-refractivity contribution in [3.8, 4) is 5.75 Å². The van der Waals surface area contributed by atoms with Crippen molar-refractivity contribution in [2.24, 2.45) is 0 Å². The summed E-state index contributed by atoms with van der Waals surface area (Å²) in [5.41, 5.74) is 0.522. The second-order valence-corrected chi connectivity index (χ2v) is 8.85. The fraction of sp³-hybridized carbons (Fsp3) is 0.435. The number of anilines is 1. The third-order valence-corrected chi connectivity index (χ3v) is 5.63. The summed E-state index contributed by atoms with van der Waals surface area (Å²) in [5.74, 6) is 1.42. The Hall–Kier alpha value is -3.09. The van der Waals surface area contributed by atoms with Gasteiger partial charge in [-0.2, -0.15) is 0 Å². The molecule has 0 saturated carbocycles. The van der Waals surface area contributed by atoms with E-state index in [4.69, 9.17) is 9.47 Å². The lowest BCUT2D eigenvalue weighted by atomic mass is 9.81. The van der Waals surface area contributed by atoms with Gasteiger partial charge in [-0.3, -0.25) is 9.69 Å². The minimum Gasteiger partial charge on any atom is -0.497 e. The molecule has 2 aromatic rings. The maximum Gasteiger partial charge on any atom is 0.410 e. The minimum atomic E-state index is -0.771. The van der Waals surface area contributed by atoms with Gasteiger partial charge in [-0.1, -0.05) is 18.2 Å². The first-order valence-corrected chi connectivity index (χ1v) is 10.1. The van der Waals surface area contributed by atoms with Crippen molar-refractivity contribution in [2.75, 3.05) is 25.1 Å². The Balaban J connectivity index is 1.61. The molecule has 7 nitrogen and oxygen atoms in total. The van der Waals surface area contributed by atoms with Gasteiger partial charge in [-0.15, -0.1) is 0 Å². The molecule has 1 aromatic carbocycles. The Morgan fingerprint density at radius 1 is 1.20 bits per heavy atom. The number of rotatable bonds is 3. The molecule has 1 unspecified atom stereocenters. The van der Waals surface area contributed by atoms with Crippen LogP contribution in [-0.4, -0.2) is 47.7 Å². The number of nitrogens with zero attached hydrogens (tertiary/aromatic N) is 3. The normalized spacial score (nSPS) is 20.6. The van der Waals surface area contributed by atoms with E-state index in [0.717, 1.165) is 16.9 Å². The molecule has 1 fully saturated rings. The second kappa shape index (κ2) is 7.31. The van der Waals surface area contributed by atoms with Crippen LogP contribution in [0.2, 0.25) is 0 Å². The van der Waals surface area contributed by atoms with Gasteiger partial charge in [0.15, 0.2) is 0 Å². The van der Waals surface area contributed by atoms with E-state index in [1.165, 1.54) is 0 Å². The molecule has 30 heavy (non-hydrogen) atoms. The number of fused-ring (bicyclic) bond motifs is 2. The Labute approximate surface area is 176 Å². The van der Waals surface area contributed by atoms with Crippen LogP contribution >= 0.6 is 0 Å². The molecule has 158 valence electrons. The van der Waals surface area contributed by atoms with Crippen molar-refractivity contribution < 1.29 is 19.1 Å². The molecular formula is C23H27N3O4. The quantitative estimate of drug-likeness (QED) is 0.776. The number of pyridine rings is 1. The standard InChI is InChI=1S/C23H27N3O4/c1-22(2,3)30-21(28)25-13-11-23(15-25)18-6-5-12-24-19(18)26(20(23)27)14-16-7-9-17(29-4)10-8-16/h5-10,12H,11,13-15H2,1-4H3. The SMILES string of the molecule is COc1ccc(CN2C(=O)C3(CCN(C(=O)OC(C)(C)C)C3)c3cccnc32)cc1. The van der Waals surface area contributed by atoms with Gasteiger partial charge < -0.3 is 14.4 Å². The maximum absolute atomic E-state index is 13.6. The molecule has 0 aliphatic carbocycles. The van der Waals surface area contributed by atoms with Gasteiger partial charge in [0.05, 0.1) is 19.1 Å². The Morgan fingerprint density at radius 3 is 2.60 bits per heavy atom. The zero-order chi connectivity index (χ0) is 21.5. The molecule has 1 aromatic heterocycles. The van der Waals surface area contributed by atoms with Gasteiger partial charge in [0, 0.05) is 24.8 Å². The number of likely N-dealkylation sites (tertiary alicyclic amines) is 1. The Morgan fingerprint density at radius 2 is 1.93 bits per heavy atom. The average Bonchev–Trinajstić information content (AvgIpc) is 3.25. The van der Waals surface area contributed by atoms with Crippen molar-refractivity contribution in [2.45, 2.75) is 44.8 Å². The summed E-state index contributed by atoms with van der Waals surface area (Å²) in [7, 11) is 1.62. The number of ether oxygens (including phenoxy) is 2. The Bertz CT molecular complexity index is 967. The van der Waals surface area contributed by atoms with Gasteiger partial charge >= 0.3 is 6.09 Å². The van der Waals surface area contributed by atoms with Crippen LogP contribution in [0, 0.1) is 0 Å². The molecule has 2 amide bonds. The van der Waals surface area contributed by atoms with E-state index in [2.05, 4.69) is 4.98 Å². The number of carbonyl (C=O) groups excluding carboxylic acids is 2. The molecule has 7 heteroatoms. The average molecular weight is 409 g/mol. The molecule has 2 aliphatic heterocycles. The van der Waals surface area contributed by atoms with Crippen LogP contribution in [0.1, 0.15) is 38.3 Å². The van der Waals surface area contributed by atoms with Gasteiger partial charge in [-0.05, 0) is 51.0 Å². The third-order valence-electron chi connectivity index (χ3n) is 5.63. The summed E-state index contributed by atoms with van der Waals surface area (Å²) in [6, 6.07) is 11.5. The fourth-order valence-electron chi connectivity index (χ4n) is 4.20. The van der Waals surface area contributed by atoms with Crippen molar-refractivity contribution in [1.82, 2.24) is 9.88 Å². The van der Waals surface area contributed by atoms with Crippen molar-refractivity contribution in [3.05, 3.63) is 53.7 Å².